The highest BCUT2D eigenvalue weighted by Crippen LogP contribution is 2.30. The number of fused-ring (bicyclic) bond motifs is 1. The third kappa shape index (κ3) is 2.87. The van der Waals surface area contributed by atoms with Gasteiger partial charge in [-0.15, -0.1) is 0 Å². The van der Waals surface area contributed by atoms with E-state index in [9.17, 15) is 0 Å². The molecule has 2 aromatic rings. The number of rotatable bonds is 6. The lowest BCUT2D eigenvalue weighted by molar-refractivity contribution is 0.486. The largest absolute Gasteiger partial charge is 0.397 e. The predicted molar refractivity (Wildman–Crippen MR) is 88.1 cm³/mol. The second-order valence-corrected chi connectivity index (χ2v) is 5.29. The van der Waals surface area contributed by atoms with Gasteiger partial charge >= 0.3 is 0 Å². The van der Waals surface area contributed by atoms with Crippen LogP contribution in [0, 0.1) is 5.92 Å². The van der Waals surface area contributed by atoms with Crippen molar-refractivity contribution in [3.8, 4) is 0 Å². The van der Waals surface area contributed by atoms with Gasteiger partial charge in [-0.2, -0.15) is 0 Å². The lowest BCUT2D eigenvalue weighted by Crippen LogP contribution is -2.29. The normalized spacial score (nSPS) is 11.2. The Labute approximate surface area is 121 Å². The number of anilines is 2. The zero-order valence-corrected chi connectivity index (χ0v) is 12.8. The molecule has 0 saturated heterocycles. The summed E-state index contributed by atoms with van der Waals surface area (Å²) in [5.74, 6) is 0.735. The first kappa shape index (κ1) is 14.6. The molecule has 3 nitrogen and oxygen atoms in total. The molecule has 2 rings (SSSR count). The Bertz CT molecular complexity index is 561. The van der Waals surface area contributed by atoms with Crippen molar-refractivity contribution in [3.63, 3.8) is 0 Å². The standard InChI is InChI=1S/C17H25N3/c1-4-13(5-2)12-20(6-3)16-10-9-15(18)17-14(16)8-7-11-19-17/h7-11,13H,4-6,12,18H2,1-3H3. The molecule has 1 aromatic heterocycles. The molecule has 0 bridgehead atoms. The summed E-state index contributed by atoms with van der Waals surface area (Å²) in [6.07, 6.45) is 4.25. The van der Waals surface area contributed by atoms with E-state index in [4.69, 9.17) is 5.73 Å². The third-order valence-corrected chi connectivity index (χ3v) is 4.13. The summed E-state index contributed by atoms with van der Waals surface area (Å²) in [4.78, 5) is 6.87. The highest BCUT2D eigenvalue weighted by molar-refractivity contribution is 5.98. The van der Waals surface area contributed by atoms with Crippen molar-refractivity contribution in [2.45, 2.75) is 33.6 Å². The maximum Gasteiger partial charge on any atom is 0.0951 e. The lowest BCUT2D eigenvalue weighted by Gasteiger charge is -2.28. The molecule has 1 aromatic carbocycles. The summed E-state index contributed by atoms with van der Waals surface area (Å²) in [7, 11) is 0. The Morgan fingerprint density at radius 3 is 2.55 bits per heavy atom. The van der Waals surface area contributed by atoms with Crippen molar-refractivity contribution in [2.75, 3.05) is 23.7 Å². The molecule has 0 aliphatic heterocycles. The number of aromatic nitrogens is 1. The smallest absolute Gasteiger partial charge is 0.0951 e. The Morgan fingerprint density at radius 2 is 1.90 bits per heavy atom. The maximum atomic E-state index is 6.04. The van der Waals surface area contributed by atoms with Crippen LogP contribution in [0.4, 0.5) is 11.4 Å². The highest BCUT2D eigenvalue weighted by atomic mass is 15.1. The fraction of sp³-hybridized carbons (Fsp3) is 0.471. The van der Waals surface area contributed by atoms with Crippen molar-refractivity contribution < 1.29 is 0 Å². The second kappa shape index (κ2) is 6.60. The molecule has 0 spiro atoms. The molecule has 0 amide bonds. The lowest BCUT2D eigenvalue weighted by atomic mass is 10.0. The molecule has 0 aliphatic carbocycles. The van der Waals surface area contributed by atoms with E-state index >= 15 is 0 Å². The van der Waals surface area contributed by atoms with Gasteiger partial charge in [0.15, 0.2) is 0 Å². The fourth-order valence-electron chi connectivity index (χ4n) is 2.71. The highest BCUT2D eigenvalue weighted by Gasteiger charge is 2.14. The molecule has 1 heterocycles. The maximum absolute atomic E-state index is 6.04. The molecule has 2 N–H and O–H groups in total. The second-order valence-electron chi connectivity index (χ2n) is 5.29. The average Bonchev–Trinajstić information content (AvgIpc) is 2.50. The van der Waals surface area contributed by atoms with Gasteiger partial charge in [0, 0.05) is 30.4 Å². The number of hydrogen-bond donors (Lipinski definition) is 1. The first-order valence-corrected chi connectivity index (χ1v) is 7.59. The van der Waals surface area contributed by atoms with E-state index in [0.29, 0.717) is 0 Å². The molecule has 0 aliphatic rings. The van der Waals surface area contributed by atoms with Gasteiger partial charge in [0.05, 0.1) is 11.2 Å². The number of benzene rings is 1. The Hall–Kier alpha value is -1.77. The quantitative estimate of drug-likeness (QED) is 0.805. The summed E-state index contributed by atoms with van der Waals surface area (Å²) < 4.78 is 0. The van der Waals surface area contributed by atoms with Crippen LogP contribution in [-0.2, 0) is 0 Å². The van der Waals surface area contributed by atoms with Crippen LogP contribution in [0.1, 0.15) is 33.6 Å². The summed E-state index contributed by atoms with van der Waals surface area (Å²) >= 11 is 0. The minimum atomic E-state index is 0.735. The summed E-state index contributed by atoms with van der Waals surface area (Å²) in [5.41, 5.74) is 8.95. The molecule has 0 saturated carbocycles. The SMILES string of the molecule is CCC(CC)CN(CC)c1ccc(N)c2ncccc12. The van der Waals surface area contributed by atoms with Gasteiger partial charge in [0.2, 0.25) is 0 Å². The van der Waals surface area contributed by atoms with Crippen molar-refractivity contribution in [1.29, 1.82) is 0 Å². The van der Waals surface area contributed by atoms with Gasteiger partial charge in [-0.25, -0.2) is 0 Å². The van der Waals surface area contributed by atoms with Crippen LogP contribution in [0.5, 0.6) is 0 Å². The van der Waals surface area contributed by atoms with Crippen LogP contribution in [0.25, 0.3) is 10.9 Å². The van der Waals surface area contributed by atoms with Crippen molar-refractivity contribution in [2.24, 2.45) is 5.92 Å². The molecule has 0 atom stereocenters. The Balaban J connectivity index is 2.42. The van der Waals surface area contributed by atoms with E-state index in [1.165, 1.54) is 18.5 Å². The number of nitrogen functional groups attached to an aromatic ring is 1. The van der Waals surface area contributed by atoms with Crippen LogP contribution in [0.15, 0.2) is 30.5 Å². The number of hydrogen-bond acceptors (Lipinski definition) is 3. The third-order valence-electron chi connectivity index (χ3n) is 4.13. The van der Waals surface area contributed by atoms with Crippen LogP contribution in [-0.4, -0.2) is 18.1 Å². The van der Waals surface area contributed by atoms with E-state index in [1.54, 1.807) is 6.20 Å². The molecular formula is C17H25N3. The topological polar surface area (TPSA) is 42.1 Å². The first-order chi connectivity index (χ1) is 9.71. The molecule has 3 heteroatoms. The van der Waals surface area contributed by atoms with Gasteiger partial charge in [-0.1, -0.05) is 26.7 Å². The summed E-state index contributed by atoms with van der Waals surface area (Å²) in [6, 6.07) is 8.20. The van der Waals surface area contributed by atoms with Crippen molar-refractivity contribution >= 4 is 22.3 Å². The minimum absolute atomic E-state index is 0.735. The number of nitrogens with two attached hydrogens (primary N) is 1. The van der Waals surface area contributed by atoms with Crippen LogP contribution >= 0.6 is 0 Å². The van der Waals surface area contributed by atoms with Gasteiger partial charge in [-0.05, 0) is 37.1 Å². The molecule has 0 fully saturated rings. The molecule has 20 heavy (non-hydrogen) atoms. The van der Waals surface area contributed by atoms with E-state index in [0.717, 1.165) is 35.6 Å². The van der Waals surface area contributed by atoms with E-state index < -0.39 is 0 Å². The van der Waals surface area contributed by atoms with E-state index in [2.05, 4.69) is 42.8 Å². The van der Waals surface area contributed by atoms with Gasteiger partial charge in [0.1, 0.15) is 0 Å². The number of pyridine rings is 1. The predicted octanol–water partition coefficient (Wildman–Crippen LogP) is 4.08. The van der Waals surface area contributed by atoms with E-state index in [-0.39, 0.29) is 0 Å². The zero-order chi connectivity index (χ0) is 14.5. The summed E-state index contributed by atoms with van der Waals surface area (Å²) in [5, 5.41) is 1.15. The Morgan fingerprint density at radius 1 is 1.15 bits per heavy atom. The molecule has 108 valence electrons. The van der Waals surface area contributed by atoms with Crippen LogP contribution in [0.3, 0.4) is 0 Å². The van der Waals surface area contributed by atoms with Crippen molar-refractivity contribution in [3.05, 3.63) is 30.5 Å². The van der Waals surface area contributed by atoms with Crippen LogP contribution < -0.4 is 10.6 Å². The van der Waals surface area contributed by atoms with Crippen molar-refractivity contribution in [1.82, 2.24) is 4.98 Å². The van der Waals surface area contributed by atoms with Gasteiger partial charge in [-0.3, -0.25) is 4.98 Å². The molecule has 0 unspecified atom stereocenters. The molecule has 0 radical (unpaired) electrons. The first-order valence-electron chi connectivity index (χ1n) is 7.59. The molecular weight excluding hydrogens is 246 g/mol. The zero-order valence-electron chi connectivity index (χ0n) is 12.8. The Kier molecular flexibility index (Phi) is 4.83. The van der Waals surface area contributed by atoms with Crippen LogP contribution in [0.2, 0.25) is 0 Å². The minimum Gasteiger partial charge on any atom is -0.397 e. The number of nitrogens with zero attached hydrogens (tertiary/aromatic N) is 2. The fourth-order valence-corrected chi connectivity index (χ4v) is 2.71. The van der Waals surface area contributed by atoms with E-state index in [1.807, 2.05) is 12.1 Å². The van der Waals surface area contributed by atoms with Gasteiger partial charge in [0.25, 0.3) is 0 Å². The average molecular weight is 271 g/mol. The van der Waals surface area contributed by atoms with Gasteiger partial charge < -0.3 is 10.6 Å². The monoisotopic (exact) mass is 271 g/mol. The summed E-state index contributed by atoms with van der Waals surface area (Å²) in [6.45, 7) is 8.85.